The summed E-state index contributed by atoms with van der Waals surface area (Å²) >= 11 is 0. The van der Waals surface area contributed by atoms with E-state index in [4.69, 9.17) is 0 Å². The summed E-state index contributed by atoms with van der Waals surface area (Å²) in [7, 11) is -3.37. The highest BCUT2D eigenvalue weighted by Crippen LogP contribution is 2.18. The second kappa shape index (κ2) is 8.22. The fraction of sp³-hybridized carbons (Fsp3) is 0.500. The first-order valence-electron chi connectivity index (χ1n) is 7.28. The van der Waals surface area contributed by atoms with Crippen LogP contribution in [0.2, 0.25) is 0 Å². The largest absolute Gasteiger partial charge is 0.243 e. The van der Waals surface area contributed by atoms with Crippen molar-refractivity contribution >= 4 is 16.1 Å². The minimum absolute atomic E-state index is 0.371. The lowest BCUT2D eigenvalue weighted by molar-refractivity contribution is 0.395. The minimum atomic E-state index is -3.37. The monoisotopic (exact) mass is 295 g/mol. The van der Waals surface area contributed by atoms with Crippen LogP contribution in [0.15, 0.2) is 35.7 Å². The smallest absolute Gasteiger partial charge is 0.207 e. The number of sulfonamides is 1. The average Bonchev–Trinajstić information content (AvgIpc) is 2.47. The van der Waals surface area contributed by atoms with Crippen LogP contribution in [0.25, 0.3) is 6.08 Å². The third kappa shape index (κ3) is 4.46. The zero-order chi connectivity index (χ0) is 15.0. The molecular weight excluding hydrogens is 270 g/mol. The molecule has 0 fully saturated rings. The average molecular weight is 295 g/mol. The van der Waals surface area contributed by atoms with Crippen molar-refractivity contribution in [2.24, 2.45) is 0 Å². The molecule has 1 aromatic rings. The van der Waals surface area contributed by atoms with E-state index in [9.17, 15) is 8.42 Å². The molecule has 0 radical (unpaired) electrons. The van der Waals surface area contributed by atoms with Crippen molar-refractivity contribution in [1.82, 2.24) is 4.31 Å². The standard InChI is InChI=1S/C16H25NO2S/c1-4-7-13-17(14-8-5-2)20(18,19)16-11-9-15(6-3)10-12-16/h6,9-12H,3-5,7-8,13-14H2,1-2H3. The van der Waals surface area contributed by atoms with Gasteiger partial charge in [-0.1, -0.05) is 51.5 Å². The van der Waals surface area contributed by atoms with Crippen molar-refractivity contribution in [3.8, 4) is 0 Å². The summed E-state index contributed by atoms with van der Waals surface area (Å²) in [6.45, 7) is 9.02. The van der Waals surface area contributed by atoms with Gasteiger partial charge in [-0.2, -0.15) is 4.31 Å². The fourth-order valence-corrected chi connectivity index (χ4v) is 3.46. The molecule has 0 spiro atoms. The Bertz CT molecular complexity index is 498. The Balaban J connectivity index is 2.97. The van der Waals surface area contributed by atoms with E-state index in [1.165, 1.54) is 0 Å². The van der Waals surface area contributed by atoms with Gasteiger partial charge < -0.3 is 0 Å². The zero-order valence-corrected chi connectivity index (χ0v) is 13.3. The number of nitrogens with zero attached hydrogens (tertiary/aromatic N) is 1. The van der Waals surface area contributed by atoms with Gasteiger partial charge in [-0.15, -0.1) is 0 Å². The quantitative estimate of drug-likeness (QED) is 0.692. The van der Waals surface area contributed by atoms with Crippen LogP contribution in [0.5, 0.6) is 0 Å². The first kappa shape index (κ1) is 16.9. The lowest BCUT2D eigenvalue weighted by Gasteiger charge is -2.22. The summed E-state index contributed by atoms with van der Waals surface area (Å²) in [4.78, 5) is 0.371. The van der Waals surface area contributed by atoms with Crippen LogP contribution in [0.3, 0.4) is 0 Å². The molecule has 4 heteroatoms. The Hall–Kier alpha value is -1.13. The summed E-state index contributed by atoms with van der Waals surface area (Å²) in [5.74, 6) is 0. The van der Waals surface area contributed by atoms with E-state index in [-0.39, 0.29) is 0 Å². The number of rotatable bonds is 9. The Morgan fingerprint density at radius 2 is 1.55 bits per heavy atom. The maximum absolute atomic E-state index is 12.6. The number of hydrogen-bond donors (Lipinski definition) is 0. The Kier molecular flexibility index (Phi) is 6.96. The van der Waals surface area contributed by atoms with Crippen LogP contribution >= 0.6 is 0 Å². The molecule has 0 unspecified atom stereocenters. The van der Waals surface area contributed by atoms with Crippen LogP contribution in [-0.4, -0.2) is 25.8 Å². The Morgan fingerprint density at radius 1 is 1.05 bits per heavy atom. The summed E-state index contributed by atoms with van der Waals surface area (Å²) < 4.78 is 26.9. The first-order chi connectivity index (χ1) is 9.56. The second-order valence-electron chi connectivity index (χ2n) is 4.88. The van der Waals surface area contributed by atoms with Crippen LogP contribution in [0.4, 0.5) is 0 Å². The summed E-state index contributed by atoms with van der Waals surface area (Å²) in [6.07, 6.45) is 5.49. The summed E-state index contributed by atoms with van der Waals surface area (Å²) in [5, 5.41) is 0. The molecule has 0 aliphatic rings. The highest BCUT2D eigenvalue weighted by atomic mass is 32.2. The molecule has 0 saturated carbocycles. The molecule has 0 aliphatic carbocycles. The van der Waals surface area contributed by atoms with Gasteiger partial charge in [0, 0.05) is 13.1 Å². The van der Waals surface area contributed by atoms with Crippen molar-refractivity contribution in [3.63, 3.8) is 0 Å². The predicted molar refractivity (Wildman–Crippen MR) is 85.1 cm³/mol. The fourth-order valence-electron chi connectivity index (χ4n) is 1.95. The molecule has 0 saturated heterocycles. The second-order valence-corrected chi connectivity index (χ2v) is 6.82. The van der Waals surface area contributed by atoms with E-state index in [2.05, 4.69) is 20.4 Å². The van der Waals surface area contributed by atoms with Crippen LogP contribution in [0, 0.1) is 0 Å². The predicted octanol–water partition coefficient (Wildman–Crippen LogP) is 3.92. The summed E-state index contributed by atoms with van der Waals surface area (Å²) in [6, 6.07) is 6.91. The molecule has 0 bridgehead atoms. The van der Waals surface area contributed by atoms with Crippen molar-refractivity contribution in [2.75, 3.05) is 13.1 Å². The van der Waals surface area contributed by atoms with Gasteiger partial charge in [-0.25, -0.2) is 8.42 Å². The minimum Gasteiger partial charge on any atom is -0.207 e. The van der Waals surface area contributed by atoms with E-state index >= 15 is 0 Å². The van der Waals surface area contributed by atoms with Gasteiger partial charge >= 0.3 is 0 Å². The molecule has 0 aliphatic heterocycles. The van der Waals surface area contributed by atoms with E-state index < -0.39 is 10.0 Å². The number of unbranched alkanes of at least 4 members (excludes halogenated alkanes) is 2. The van der Waals surface area contributed by atoms with Crippen molar-refractivity contribution in [1.29, 1.82) is 0 Å². The molecule has 0 heterocycles. The molecule has 1 rings (SSSR count). The molecule has 0 N–H and O–H groups in total. The van der Waals surface area contributed by atoms with Gasteiger partial charge in [0.1, 0.15) is 0 Å². The lowest BCUT2D eigenvalue weighted by atomic mass is 10.2. The van der Waals surface area contributed by atoms with E-state index in [0.717, 1.165) is 31.2 Å². The molecule has 0 aromatic heterocycles. The molecule has 3 nitrogen and oxygen atoms in total. The lowest BCUT2D eigenvalue weighted by Crippen LogP contribution is -2.33. The molecule has 1 aromatic carbocycles. The van der Waals surface area contributed by atoms with Gasteiger partial charge in [0.2, 0.25) is 10.0 Å². The molecule has 112 valence electrons. The molecule has 20 heavy (non-hydrogen) atoms. The first-order valence-corrected chi connectivity index (χ1v) is 8.73. The van der Waals surface area contributed by atoms with Crippen molar-refractivity contribution < 1.29 is 8.42 Å². The highest BCUT2D eigenvalue weighted by Gasteiger charge is 2.23. The van der Waals surface area contributed by atoms with Gasteiger partial charge in [0.15, 0.2) is 0 Å². The van der Waals surface area contributed by atoms with E-state index in [1.807, 2.05) is 0 Å². The molecular formula is C16H25NO2S. The Labute approximate surface area is 123 Å². The summed E-state index contributed by atoms with van der Waals surface area (Å²) in [5.41, 5.74) is 0.928. The number of hydrogen-bond acceptors (Lipinski definition) is 2. The molecule has 0 amide bonds. The maximum Gasteiger partial charge on any atom is 0.243 e. The van der Waals surface area contributed by atoms with E-state index in [1.54, 1.807) is 34.6 Å². The van der Waals surface area contributed by atoms with Crippen LogP contribution in [-0.2, 0) is 10.0 Å². The van der Waals surface area contributed by atoms with Crippen LogP contribution in [0.1, 0.15) is 45.1 Å². The zero-order valence-electron chi connectivity index (χ0n) is 12.5. The van der Waals surface area contributed by atoms with Crippen molar-refractivity contribution in [3.05, 3.63) is 36.4 Å². The molecule has 0 atom stereocenters. The van der Waals surface area contributed by atoms with Crippen LogP contribution < -0.4 is 0 Å². The maximum atomic E-state index is 12.6. The number of benzene rings is 1. The topological polar surface area (TPSA) is 37.4 Å². The third-order valence-corrected chi connectivity index (χ3v) is 5.19. The Morgan fingerprint density at radius 3 is 1.95 bits per heavy atom. The van der Waals surface area contributed by atoms with Gasteiger partial charge in [0.25, 0.3) is 0 Å². The van der Waals surface area contributed by atoms with Gasteiger partial charge in [-0.3, -0.25) is 0 Å². The normalized spacial score (nSPS) is 11.8. The van der Waals surface area contributed by atoms with Gasteiger partial charge in [0.05, 0.1) is 4.90 Å². The van der Waals surface area contributed by atoms with Gasteiger partial charge in [-0.05, 0) is 30.5 Å². The van der Waals surface area contributed by atoms with E-state index in [0.29, 0.717) is 18.0 Å². The third-order valence-electron chi connectivity index (χ3n) is 3.28. The van der Waals surface area contributed by atoms with Crippen molar-refractivity contribution in [2.45, 2.75) is 44.4 Å². The SMILES string of the molecule is C=Cc1ccc(S(=O)(=O)N(CCCC)CCCC)cc1. The highest BCUT2D eigenvalue weighted by molar-refractivity contribution is 7.89.